The number of carbonyl (C=O) groups excluding carboxylic acids is 1. The Bertz CT molecular complexity index is 1190. The monoisotopic (exact) mass is 433 g/mol. The van der Waals surface area contributed by atoms with Crippen molar-refractivity contribution in [2.75, 3.05) is 5.32 Å². The van der Waals surface area contributed by atoms with Crippen LogP contribution in [0.2, 0.25) is 0 Å². The number of pyridine rings is 1. The number of carbonyl (C=O) groups is 1. The van der Waals surface area contributed by atoms with Crippen LogP contribution in [0, 0.1) is 20.8 Å². The summed E-state index contributed by atoms with van der Waals surface area (Å²) in [6.07, 6.45) is 1.94. The minimum atomic E-state index is -0.190. The molecule has 28 heavy (non-hydrogen) atoms. The number of nitrogens with zero attached hydrogens (tertiary/aromatic N) is 2. The number of nitrogens with one attached hydrogen (secondary N) is 1. The molecule has 2 heterocycles. The molecule has 0 bridgehead atoms. The van der Waals surface area contributed by atoms with Crippen LogP contribution >= 0.6 is 15.9 Å². The number of fused-ring (bicyclic) bond motifs is 1. The van der Waals surface area contributed by atoms with E-state index in [1.54, 1.807) is 0 Å². The van der Waals surface area contributed by atoms with Crippen molar-refractivity contribution in [2.24, 2.45) is 0 Å². The smallest absolute Gasteiger partial charge is 0.274 e. The van der Waals surface area contributed by atoms with Crippen LogP contribution in [0.1, 0.15) is 27.2 Å². The first-order valence-electron chi connectivity index (χ1n) is 9.05. The Balaban J connectivity index is 1.84. The highest BCUT2D eigenvalue weighted by molar-refractivity contribution is 9.10. The maximum Gasteiger partial charge on any atom is 0.274 e. The molecule has 1 amide bonds. The van der Waals surface area contributed by atoms with Gasteiger partial charge in [-0.2, -0.15) is 0 Å². The van der Waals surface area contributed by atoms with E-state index in [1.807, 2.05) is 86.0 Å². The van der Waals surface area contributed by atoms with Crippen molar-refractivity contribution >= 4 is 33.2 Å². The van der Waals surface area contributed by atoms with Crippen molar-refractivity contribution < 1.29 is 4.79 Å². The lowest BCUT2D eigenvalue weighted by molar-refractivity contribution is 0.102. The van der Waals surface area contributed by atoms with Crippen molar-refractivity contribution in [3.05, 3.63) is 87.7 Å². The third-order valence-corrected chi connectivity index (χ3v) is 5.59. The second-order valence-corrected chi connectivity index (χ2v) is 7.88. The number of aromatic nitrogens is 2. The van der Waals surface area contributed by atoms with Crippen LogP contribution < -0.4 is 5.32 Å². The van der Waals surface area contributed by atoms with Crippen LogP contribution in [0.3, 0.4) is 0 Å². The summed E-state index contributed by atoms with van der Waals surface area (Å²) in [6.45, 7) is 6.06. The molecule has 140 valence electrons. The van der Waals surface area contributed by atoms with E-state index < -0.39 is 0 Å². The van der Waals surface area contributed by atoms with Gasteiger partial charge in [0.05, 0.1) is 0 Å². The summed E-state index contributed by atoms with van der Waals surface area (Å²) in [5, 5.41) is 3.02. The Kier molecular flexibility index (Phi) is 4.77. The van der Waals surface area contributed by atoms with Crippen molar-refractivity contribution in [3.63, 3.8) is 0 Å². The van der Waals surface area contributed by atoms with E-state index in [0.29, 0.717) is 11.4 Å². The molecule has 0 fully saturated rings. The summed E-state index contributed by atoms with van der Waals surface area (Å²) in [5.74, 6) is -0.190. The number of hydrogen-bond acceptors (Lipinski definition) is 2. The molecule has 0 unspecified atom stereocenters. The van der Waals surface area contributed by atoms with Gasteiger partial charge in [-0.3, -0.25) is 9.20 Å². The first kappa shape index (κ1) is 18.4. The lowest BCUT2D eigenvalue weighted by Crippen LogP contribution is -2.15. The Labute approximate surface area is 172 Å². The average molecular weight is 434 g/mol. The van der Waals surface area contributed by atoms with Gasteiger partial charge >= 0.3 is 0 Å². The van der Waals surface area contributed by atoms with Gasteiger partial charge < -0.3 is 5.32 Å². The van der Waals surface area contributed by atoms with E-state index in [4.69, 9.17) is 4.98 Å². The summed E-state index contributed by atoms with van der Waals surface area (Å²) in [7, 11) is 0. The van der Waals surface area contributed by atoms with E-state index in [-0.39, 0.29) is 5.91 Å². The fourth-order valence-electron chi connectivity index (χ4n) is 3.14. The molecule has 4 aromatic rings. The fraction of sp³-hybridized carbons (Fsp3) is 0.130. The molecule has 0 aliphatic carbocycles. The normalized spacial score (nSPS) is 11.0. The molecule has 0 saturated carbocycles. The van der Waals surface area contributed by atoms with Gasteiger partial charge in [0.1, 0.15) is 17.0 Å². The SMILES string of the molecule is Cc1ccc(-c2nc3ccc(C)cn3c2C(=O)Nc2ccc(C)c(Br)c2)cc1. The molecule has 2 aromatic heterocycles. The Morgan fingerprint density at radius 3 is 2.39 bits per heavy atom. The van der Waals surface area contributed by atoms with Crippen molar-refractivity contribution in [3.8, 4) is 11.3 Å². The third-order valence-electron chi connectivity index (χ3n) is 4.74. The number of hydrogen-bond donors (Lipinski definition) is 1. The van der Waals surface area contributed by atoms with Gasteiger partial charge in [0.2, 0.25) is 0 Å². The number of halogens is 1. The molecule has 0 radical (unpaired) electrons. The van der Waals surface area contributed by atoms with E-state index in [2.05, 4.69) is 21.2 Å². The second-order valence-electron chi connectivity index (χ2n) is 7.03. The predicted octanol–water partition coefficient (Wildman–Crippen LogP) is 5.94. The fourth-order valence-corrected chi connectivity index (χ4v) is 3.52. The van der Waals surface area contributed by atoms with Gasteiger partial charge in [0, 0.05) is 21.9 Å². The topological polar surface area (TPSA) is 46.4 Å². The van der Waals surface area contributed by atoms with Gasteiger partial charge in [-0.25, -0.2) is 4.98 Å². The number of imidazole rings is 1. The van der Waals surface area contributed by atoms with E-state index in [0.717, 1.165) is 32.5 Å². The summed E-state index contributed by atoms with van der Waals surface area (Å²) < 4.78 is 2.82. The van der Waals surface area contributed by atoms with E-state index in [1.165, 1.54) is 5.56 Å². The van der Waals surface area contributed by atoms with Gasteiger partial charge in [-0.05, 0) is 50.1 Å². The lowest BCUT2D eigenvalue weighted by atomic mass is 10.1. The zero-order valence-electron chi connectivity index (χ0n) is 16.0. The number of rotatable bonds is 3. The highest BCUT2D eigenvalue weighted by atomic mass is 79.9. The number of anilines is 1. The van der Waals surface area contributed by atoms with Crippen LogP contribution in [0.15, 0.2) is 65.3 Å². The zero-order chi connectivity index (χ0) is 19.8. The van der Waals surface area contributed by atoms with E-state index >= 15 is 0 Å². The van der Waals surface area contributed by atoms with Crippen LogP contribution in [0.25, 0.3) is 16.9 Å². The quantitative estimate of drug-likeness (QED) is 0.434. The molecule has 4 nitrogen and oxygen atoms in total. The van der Waals surface area contributed by atoms with Crippen LogP contribution in [-0.2, 0) is 0 Å². The zero-order valence-corrected chi connectivity index (χ0v) is 17.5. The maximum absolute atomic E-state index is 13.3. The Hall–Kier alpha value is -2.92. The minimum Gasteiger partial charge on any atom is -0.321 e. The molecule has 1 N–H and O–H groups in total. The van der Waals surface area contributed by atoms with Crippen molar-refractivity contribution in [2.45, 2.75) is 20.8 Å². The van der Waals surface area contributed by atoms with Crippen molar-refractivity contribution in [1.29, 1.82) is 0 Å². The molecule has 0 aliphatic heterocycles. The largest absolute Gasteiger partial charge is 0.321 e. The molecular weight excluding hydrogens is 414 g/mol. The van der Waals surface area contributed by atoms with Crippen LogP contribution in [0.5, 0.6) is 0 Å². The molecule has 0 aliphatic rings. The molecule has 0 spiro atoms. The molecule has 0 atom stereocenters. The third kappa shape index (κ3) is 3.45. The first-order valence-corrected chi connectivity index (χ1v) is 9.85. The number of aryl methyl sites for hydroxylation is 3. The number of benzene rings is 2. The predicted molar refractivity (Wildman–Crippen MR) is 117 cm³/mol. The minimum absolute atomic E-state index is 0.190. The highest BCUT2D eigenvalue weighted by Crippen LogP contribution is 2.27. The average Bonchev–Trinajstić information content (AvgIpc) is 3.04. The standard InChI is InChI=1S/C23H20BrN3O/c1-14-4-8-17(9-5-14)21-22(27-13-15(2)6-11-20(27)26-21)23(28)25-18-10-7-16(3)19(24)12-18/h4-13H,1-3H3,(H,25,28). The second kappa shape index (κ2) is 7.24. The van der Waals surface area contributed by atoms with Crippen molar-refractivity contribution in [1.82, 2.24) is 9.38 Å². The molecule has 4 rings (SSSR count). The summed E-state index contributed by atoms with van der Waals surface area (Å²) >= 11 is 3.52. The number of amides is 1. The molecule has 5 heteroatoms. The Morgan fingerprint density at radius 1 is 0.964 bits per heavy atom. The van der Waals surface area contributed by atoms with Gasteiger partial charge in [0.15, 0.2) is 0 Å². The molecule has 0 saturated heterocycles. The summed E-state index contributed by atoms with van der Waals surface area (Å²) in [5.41, 5.74) is 6.95. The summed E-state index contributed by atoms with van der Waals surface area (Å²) in [4.78, 5) is 18.0. The molecule has 2 aromatic carbocycles. The van der Waals surface area contributed by atoms with Gasteiger partial charge in [-0.1, -0.05) is 57.9 Å². The van der Waals surface area contributed by atoms with Gasteiger partial charge in [0.25, 0.3) is 5.91 Å². The summed E-state index contributed by atoms with van der Waals surface area (Å²) in [6, 6.07) is 17.8. The lowest BCUT2D eigenvalue weighted by Gasteiger charge is -2.09. The van der Waals surface area contributed by atoms with E-state index in [9.17, 15) is 4.79 Å². The highest BCUT2D eigenvalue weighted by Gasteiger charge is 2.21. The van der Waals surface area contributed by atoms with Gasteiger partial charge in [-0.15, -0.1) is 0 Å². The maximum atomic E-state index is 13.3. The molecular formula is C23H20BrN3O. The Morgan fingerprint density at radius 2 is 1.68 bits per heavy atom. The van der Waals surface area contributed by atoms with Crippen LogP contribution in [0.4, 0.5) is 5.69 Å². The van der Waals surface area contributed by atoms with Crippen LogP contribution in [-0.4, -0.2) is 15.3 Å². The first-order chi connectivity index (χ1) is 13.4.